The summed E-state index contributed by atoms with van der Waals surface area (Å²) in [5, 5.41) is 4.20. The molecule has 5 rings (SSSR count). The van der Waals surface area contributed by atoms with Crippen LogP contribution in [0.15, 0.2) is 71.7 Å². The summed E-state index contributed by atoms with van der Waals surface area (Å²) in [6.45, 7) is 6.68. The Balaban J connectivity index is 1.22. The van der Waals surface area contributed by atoms with Gasteiger partial charge in [-0.15, -0.1) is 0 Å². The number of piperazine rings is 1. The molecule has 0 aliphatic carbocycles. The fourth-order valence-electron chi connectivity index (χ4n) is 4.58. The van der Waals surface area contributed by atoms with E-state index in [2.05, 4.69) is 33.3 Å². The van der Waals surface area contributed by atoms with Crippen molar-refractivity contribution in [3.63, 3.8) is 0 Å². The van der Waals surface area contributed by atoms with E-state index in [1.807, 2.05) is 55.5 Å². The van der Waals surface area contributed by atoms with Crippen molar-refractivity contribution < 1.29 is 4.79 Å². The molecule has 1 fully saturated rings. The highest BCUT2D eigenvalue weighted by atomic mass is 35.5. The Kier molecular flexibility index (Phi) is 6.66. The fraction of sp³-hybridized carbons (Fsp3) is 0.286. The van der Waals surface area contributed by atoms with Crippen molar-refractivity contribution in [2.75, 3.05) is 38.0 Å². The highest BCUT2D eigenvalue weighted by molar-refractivity contribution is 6.31. The molecule has 0 spiro atoms. The van der Waals surface area contributed by atoms with E-state index in [1.54, 1.807) is 0 Å². The number of halogens is 1. The molecule has 0 radical (unpaired) electrons. The lowest BCUT2D eigenvalue weighted by molar-refractivity contribution is 0.0970. The third kappa shape index (κ3) is 5.01. The van der Waals surface area contributed by atoms with Gasteiger partial charge in [0, 0.05) is 54.4 Å². The van der Waals surface area contributed by atoms with Crippen LogP contribution >= 0.6 is 11.6 Å². The average Bonchev–Trinajstić information content (AvgIpc) is 3.01. The second-order valence-electron chi connectivity index (χ2n) is 8.99. The largest absolute Gasteiger partial charge is 0.353 e. The molecule has 2 heterocycles. The van der Waals surface area contributed by atoms with E-state index in [-0.39, 0.29) is 5.78 Å². The normalized spacial score (nSPS) is 15.6. The van der Waals surface area contributed by atoms with Crippen molar-refractivity contribution in [1.82, 2.24) is 9.80 Å². The van der Waals surface area contributed by atoms with E-state index in [0.29, 0.717) is 11.4 Å². The average molecular weight is 473 g/mol. The van der Waals surface area contributed by atoms with Crippen molar-refractivity contribution in [2.24, 2.45) is 4.99 Å². The highest BCUT2D eigenvalue weighted by Crippen LogP contribution is 2.36. The monoisotopic (exact) mass is 472 g/mol. The van der Waals surface area contributed by atoms with Crippen LogP contribution in [0.1, 0.15) is 34.3 Å². The number of aryl methyl sites for hydroxylation is 1. The molecule has 0 amide bonds. The van der Waals surface area contributed by atoms with Gasteiger partial charge in [-0.3, -0.25) is 9.69 Å². The predicted octanol–water partition coefficient (Wildman–Crippen LogP) is 6.06. The van der Waals surface area contributed by atoms with E-state index in [0.717, 1.165) is 73.2 Å². The molecule has 0 atom stereocenters. The lowest BCUT2D eigenvalue weighted by Crippen LogP contribution is -2.49. The first kappa shape index (κ1) is 22.6. The van der Waals surface area contributed by atoms with E-state index < -0.39 is 0 Å². The number of rotatable bonds is 5. The Morgan fingerprint density at radius 3 is 2.53 bits per heavy atom. The first-order valence-corrected chi connectivity index (χ1v) is 12.3. The van der Waals surface area contributed by atoms with Crippen molar-refractivity contribution >= 4 is 40.3 Å². The Hall–Kier alpha value is -3.15. The van der Waals surface area contributed by atoms with Gasteiger partial charge in [0.15, 0.2) is 5.78 Å². The minimum atomic E-state index is 0.230. The molecule has 1 saturated heterocycles. The number of carbonyl (C=O) groups is 1. The number of para-hydroxylation sites is 1. The summed E-state index contributed by atoms with van der Waals surface area (Å²) in [6, 6.07) is 22.0. The maximum absolute atomic E-state index is 12.5. The van der Waals surface area contributed by atoms with Crippen LogP contribution in [0.3, 0.4) is 0 Å². The van der Waals surface area contributed by atoms with Gasteiger partial charge in [-0.1, -0.05) is 53.6 Å². The quantitative estimate of drug-likeness (QED) is 0.458. The molecule has 0 aromatic heterocycles. The fourth-order valence-corrected chi connectivity index (χ4v) is 4.75. The Morgan fingerprint density at radius 1 is 0.971 bits per heavy atom. The topological polar surface area (TPSA) is 47.9 Å². The summed E-state index contributed by atoms with van der Waals surface area (Å²) in [5.74, 6) is 1.21. The van der Waals surface area contributed by atoms with Gasteiger partial charge < -0.3 is 10.2 Å². The number of carbonyl (C=O) groups excluding carboxylic acids is 1. The van der Waals surface area contributed by atoms with Crippen LogP contribution in [0, 0.1) is 6.92 Å². The van der Waals surface area contributed by atoms with Crippen molar-refractivity contribution in [1.29, 1.82) is 0 Å². The maximum atomic E-state index is 12.5. The Bertz CT molecular complexity index is 1210. The summed E-state index contributed by atoms with van der Waals surface area (Å²) >= 11 is 6.27. The van der Waals surface area contributed by atoms with Gasteiger partial charge in [0.1, 0.15) is 5.84 Å². The summed E-state index contributed by atoms with van der Waals surface area (Å²) in [5.41, 5.74) is 5.97. The smallest absolute Gasteiger partial charge is 0.162 e. The van der Waals surface area contributed by atoms with Crippen LogP contribution in [0.25, 0.3) is 0 Å². The van der Waals surface area contributed by atoms with Crippen molar-refractivity contribution in [3.8, 4) is 0 Å². The summed E-state index contributed by atoms with van der Waals surface area (Å²) in [6.07, 6.45) is 1.47. The number of nitrogens with zero attached hydrogens (tertiary/aromatic N) is 3. The molecule has 174 valence electrons. The van der Waals surface area contributed by atoms with Gasteiger partial charge in [0.2, 0.25) is 0 Å². The zero-order chi connectivity index (χ0) is 23.5. The van der Waals surface area contributed by atoms with Gasteiger partial charge >= 0.3 is 0 Å². The van der Waals surface area contributed by atoms with Crippen LogP contribution in [0.4, 0.5) is 17.1 Å². The summed E-state index contributed by atoms with van der Waals surface area (Å²) in [4.78, 5) is 22.3. The molecule has 0 bridgehead atoms. The first-order valence-electron chi connectivity index (χ1n) is 11.9. The number of hydrogen-bond donors (Lipinski definition) is 1. The SMILES string of the molecule is Cc1ccc(C(=O)CCCN2CCN(C3=Nc4cc(Cl)ccc4Nc4ccccc43)CC2)cc1. The number of fused-ring (bicyclic) bond motifs is 2. The molecule has 1 N–H and O–H groups in total. The lowest BCUT2D eigenvalue weighted by atomic mass is 10.0. The number of amidine groups is 1. The number of Topliss-reactive ketones (excluding diaryl/α,β-unsaturated/α-hetero) is 1. The number of ketones is 1. The Morgan fingerprint density at radius 2 is 1.74 bits per heavy atom. The van der Waals surface area contributed by atoms with Gasteiger partial charge in [-0.05, 0) is 50.2 Å². The second kappa shape index (κ2) is 10.00. The molecule has 34 heavy (non-hydrogen) atoms. The zero-order valence-electron chi connectivity index (χ0n) is 19.4. The minimum Gasteiger partial charge on any atom is -0.353 e. The van der Waals surface area contributed by atoms with Crippen molar-refractivity contribution in [3.05, 3.63) is 88.4 Å². The van der Waals surface area contributed by atoms with E-state index >= 15 is 0 Å². The van der Waals surface area contributed by atoms with E-state index in [9.17, 15) is 4.79 Å². The van der Waals surface area contributed by atoms with Crippen LogP contribution in [-0.4, -0.2) is 54.1 Å². The van der Waals surface area contributed by atoms with Gasteiger partial charge in [0.05, 0.1) is 11.4 Å². The standard InChI is InChI=1S/C28H29ClN4O/c1-20-8-10-21(11-9-20)27(34)7-4-14-32-15-17-33(18-16-32)28-23-5-2-3-6-24(23)30-25-13-12-22(29)19-26(25)31-28/h2-3,5-6,8-13,19,30H,4,7,14-18H2,1H3. The lowest BCUT2D eigenvalue weighted by Gasteiger charge is -2.36. The van der Waals surface area contributed by atoms with Gasteiger partial charge in [0.25, 0.3) is 0 Å². The third-order valence-electron chi connectivity index (χ3n) is 6.55. The predicted molar refractivity (Wildman–Crippen MR) is 140 cm³/mol. The minimum absolute atomic E-state index is 0.230. The zero-order valence-corrected chi connectivity index (χ0v) is 20.2. The molecule has 0 unspecified atom stereocenters. The van der Waals surface area contributed by atoms with Gasteiger partial charge in [-0.2, -0.15) is 0 Å². The number of benzene rings is 3. The number of hydrogen-bond acceptors (Lipinski definition) is 5. The van der Waals surface area contributed by atoms with Crippen LogP contribution in [-0.2, 0) is 0 Å². The molecular formula is C28H29ClN4O. The van der Waals surface area contributed by atoms with Gasteiger partial charge in [-0.25, -0.2) is 4.99 Å². The highest BCUT2D eigenvalue weighted by Gasteiger charge is 2.25. The summed E-state index contributed by atoms with van der Waals surface area (Å²) < 4.78 is 0. The number of anilines is 2. The van der Waals surface area contributed by atoms with E-state index in [1.165, 1.54) is 5.56 Å². The molecule has 2 aliphatic heterocycles. The second-order valence-corrected chi connectivity index (χ2v) is 9.43. The summed E-state index contributed by atoms with van der Waals surface area (Å²) in [7, 11) is 0. The van der Waals surface area contributed by atoms with Crippen molar-refractivity contribution in [2.45, 2.75) is 19.8 Å². The molecule has 6 heteroatoms. The molecule has 0 saturated carbocycles. The maximum Gasteiger partial charge on any atom is 0.162 e. The molecule has 3 aromatic rings. The molecular weight excluding hydrogens is 444 g/mol. The van der Waals surface area contributed by atoms with Crippen LogP contribution in [0.5, 0.6) is 0 Å². The third-order valence-corrected chi connectivity index (χ3v) is 6.78. The number of aliphatic imine (C=N–C) groups is 1. The molecule has 5 nitrogen and oxygen atoms in total. The van der Waals surface area contributed by atoms with Crippen LogP contribution in [0.2, 0.25) is 5.02 Å². The molecule has 2 aliphatic rings. The molecule has 3 aromatic carbocycles. The van der Waals surface area contributed by atoms with E-state index in [4.69, 9.17) is 16.6 Å². The van der Waals surface area contributed by atoms with Crippen LogP contribution < -0.4 is 5.32 Å². The number of nitrogens with one attached hydrogen (secondary N) is 1. The first-order chi connectivity index (χ1) is 16.6. The Labute approximate surface area is 206 Å².